The lowest BCUT2D eigenvalue weighted by Crippen LogP contribution is -2.46. The number of ether oxygens (including phenoxy) is 1. The van der Waals surface area contributed by atoms with Gasteiger partial charge in [0.15, 0.2) is 5.96 Å². The molecule has 0 radical (unpaired) electrons. The standard InChI is InChI=1S/C20H32N4O2/c1-3-21-20(23-14-8-13-22-18-9-6-5-7-10-18)24-15-11-17(12-16-24)19(25)26-4-2/h5-7,9-10,17,22H,3-4,8,11-16H2,1-2H3,(H,21,23). The molecule has 144 valence electrons. The number of nitrogens with zero attached hydrogens (tertiary/aromatic N) is 2. The van der Waals surface area contributed by atoms with Crippen molar-refractivity contribution >= 4 is 17.6 Å². The van der Waals surface area contributed by atoms with Gasteiger partial charge in [-0.2, -0.15) is 0 Å². The second-order valence-corrected chi connectivity index (χ2v) is 6.40. The zero-order chi connectivity index (χ0) is 18.6. The van der Waals surface area contributed by atoms with Crippen molar-refractivity contribution in [3.8, 4) is 0 Å². The van der Waals surface area contributed by atoms with Gasteiger partial charge < -0.3 is 20.3 Å². The van der Waals surface area contributed by atoms with E-state index in [0.29, 0.717) is 6.61 Å². The van der Waals surface area contributed by atoms with Crippen LogP contribution in [0.5, 0.6) is 0 Å². The Balaban J connectivity index is 1.75. The third-order valence-corrected chi connectivity index (χ3v) is 4.45. The minimum atomic E-state index is -0.0546. The predicted octanol–water partition coefficient (Wildman–Crippen LogP) is 2.73. The van der Waals surface area contributed by atoms with Crippen molar-refractivity contribution in [3.05, 3.63) is 30.3 Å². The van der Waals surface area contributed by atoms with Gasteiger partial charge in [-0.25, -0.2) is 0 Å². The topological polar surface area (TPSA) is 66.0 Å². The van der Waals surface area contributed by atoms with Crippen molar-refractivity contribution in [1.82, 2.24) is 10.2 Å². The highest BCUT2D eigenvalue weighted by molar-refractivity contribution is 5.80. The van der Waals surface area contributed by atoms with E-state index in [1.807, 2.05) is 25.1 Å². The number of piperidine rings is 1. The Kier molecular flexibility index (Phi) is 8.79. The van der Waals surface area contributed by atoms with Crippen LogP contribution in [0.3, 0.4) is 0 Å². The molecule has 1 aromatic rings. The van der Waals surface area contributed by atoms with Gasteiger partial charge >= 0.3 is 5.97 Å². The number of anilines is 1. The molecule has 2 N–H and O–H groups in total. The summed E-state index contributed by atoms with van der Waals surface area (Å²) in [7, 11) is 0. The predicted molar refractivity (Wildman–Crippen MR) is 106 cm³/mol. The molecule has 1 heterocycles. The molecule has 0 bridgehead atoms. The van der Waals surface area contributed by atoms with E-state index in [-0.39, 0.29) is 11.9 Å². The number of nitrogens with one attached hydrogen (secondary N) is 2. The van der Waals surface area contributed by atoms with Crippen LogP contribution in [0.4, 0.5) is 5.69 Å². The van der Waals surface area contributed by atoms with Gasteiger partial charge in [-0.1, -0.05) is 18.2 Å². The smallest absolute Gasteiger partial charge is 0.309 e. The summed E-state index contributed by atoms with van der Waals surface area (Å²) in [6.45, 7) is 8.61. The van der Waals surface area contributed by atoms with E-state index in [0.717, 1.165) is 63.6 Å². The zero-order valence-corrected chi connectivity index (χ0v) is 16.0. The summed E-state index contributed by atoms with van der Waals surface area (Å²) >= 11 is 0. The molecule has 1 aliphatic rings. The molecule has 2 rings (SSSR count). The van der Waals surface area contributed by atoms with Gasteiger partial charge in [-0.05, 0) is 45.2 Å². The Morgan fingerprint density at radius 3 is 2.62 bits per heavy atom. The monoisotopic (exact) mass is 360 g/mol. The van der Waals surface area contributed by atoms with Gasteiger partial charge in [0.2, 0.25) is 0 Å². The SMILES string of the molecule is CCNC(=NCCCNc1ccccc1)N1CCC(C(=O)OCC)CC1. The summed E-state index contributed by atoms with van der Waals surface area (Å²) < 4.78 is 5.14. The minimum absolute atomic E-state index is 0.0316. The number of hydrogen-bond acceptors (Lipinski definition) is 4. The lowest BCUT2D eigenvalue weighted by Gasteiger charge is -2.33. The maximum absolute atomic E-state index is 11.9. The van der Waals surface area contributed by atoms with E-state index in [1.165, 1.54) is 0 Å². The Labute approximate surface area is 157 Å². The van der Waals surface area contributed by atoms with E-state index in [9.17, 15) is 4.79 Å². The summed E-state index contributed by atoms with van der Waals surface area (Å²) in [5.74, 6) is 0.930. The fraction of sp³-hybridized carbons (Fsp3) is 0.600. The fourth-order valence-corrected chi connectivity index (χ4v) is 3.07. The van der Waals surface area contributed by atoms with E-state index in [4.69, 9.17) is 9.73 Å². The number of aliphatic imine (C=N–C) groups is 1. The van der Waals surface area contributed by atoms with E-state index >= 15 is 0 Å². The molecule has 0 spiro atoms. The number of esters is 1. The maximum atomic E-state index is 11.9. The normalized spacial score (nSPS) is 15.6. The maximum Gasteiger partial charge on any atom is 0.309 e. The van der Waals surface area contributed by atoms with Gasteiger partial charge in [-0.3, -0.25) is 9.79 Å². The number of para-hydroxylation sites is 1. The summed E-state index contributed by atoms with van der Waals surface area (Å²) in [5, 5.41) is 6.77. The first-order valence-electron chi connectivity index (χ1n) is 9.73. The lowest BCUT2D eigenvalue weighted by molar-refractivity contribution is -0.149. The van der Waals surface area contributed by atoms with Crippen molar-refractivity contribution < 1.29 is 9.53 Å². The Hall–Kier alpha value is -2.24. The van der Waals surface area contributed by atoms with E-state index < -0.39 is 0 Å². The zero-order valence-electron chi connectivity index (χ0n) is 16.0. The van der Waals surface area contributed by atoms with Crippen LogP contribution in [-0.4, -0.2) is 56.2 Å². The molecule has 0 unspecified atom stereocenters. The molecular weight excluding hydrogens is 328 g/mol. The number of guanidine groups is 1. The second-order valence-electron chi connectivity index (χ2n) is 6.40. The van der Waals surface area contributed by atoms with Crippen molar-refractivity contribution in [3.63, 3.8) is 0 Å². The molecule has 0 aromatic heterocycles. The minimum Gasteiger partial charge on any atom is -0.466 e. The summed E-state index contributed by atoms with van der Waals surface area (Å²) in [6.07, 6.45) is 2.64. The van der Waals surface area contributed by atoms with Crippen molar-refractivity contribution in [2.24, 2.45) is 10.9 Å². The van der Waals surface area contributed by atoms with Crippen LogP contribution in [0.25, 0.3) is 0 Å². The fourth-order valence-electron chi connectivity index (χ4n) is 3.07. The van der Waals surface area contributed by atoms with Gasteiger partial charge in [0.05, 0.1) is 12.5 Å². The third-order valence-electron chi connectivity index (χ3n) is 4.45. The number of hydrogen-bond donors (Lipinski definition) is 2. The van der Waals surface area contributed by atoms with Crippen LogP contribution in [0.1, 0.15) is 33.1 Å². The van der Waals surface area contributed by atoms with Crippen LogP contribution in [-0.2, 0) is 9.53 Å². The highest BCUT2D eigenvalue weighted by Gasteiger charge is 2.27. The van der Waals surface area contributed by atoms with Crippen LogP contribution in [0.2, 0.25) is 0 Å². The third kappa shape index (κ3) is 6.58. The summed E-state index contributed by atoms with van der Waals surface area (Å²) in [6, 6.07) is 10.2. The Bertz CT molecular complexity index is 554. The summed E-state index contributed by atoms with van der Waals surface area (Å²) in [5.41, 5.74) is 1.14. The highest BCUT2D eigenvalue weighted by atomic mass is 16.5. The first kappa shape index (κ1) is 20.1. The molecule has 6 heteroatoms. The first-order valence-corrected chi connectivity index (χ1v) is 9.73. The van der Waals surface area contributed by atoms with Crippen LogP contribution >= 0.6 is 0 Å². The first-order chi connectivity index (χ1) is 12.7. The van der Waals surface area contributed by atoms with Crippen molar-refractivity contribution in [1.29, 1.82) is 0 Å². The van der Waals surface area contributed by atoms with Gasteiger partial charge in [0.25, 0.3) is 0 Å². The number of likely N-dealkylation sites (tertiary alicyclic amines) is 1. The highest BCUT2D eigenvalue weighted by Crippen LogP contribution is 2.18. The van der Waals surface area contributed by atoms with Crippen molar-refractivity contribution in [2.75, 3.05) is 44.6 Å². The largest absolute Gasteiger partial charge is 0.466 e. The molecule has 6 nitrogen and oxygen atoms in total. The van der Waals surface area contributed by atoms with Gasteiger partial charge in [-0.15, -0.1) is 0 Å². The van der Waals surface area contributed by atoms with Crippen LogP contribution in [0.15, 0.2) is 35.3 Å². The number of carbonyl (C=O) groups excluding carboxylic acids is 1. The number of benzene rings is 1. The van der Waals surface area contributed by atoms with Crippen LogP contribution in [0, 0.1) is 5.92 Å². The molecule has 1 aliphatic heterocycles. The lowest BCUT2D eigenvalue weighted by atomic mass is 9.97. The van der Waals surface area contributed by atoms with Gasteiger partial charge in [0, 0.05) is 38.4 Å². The van der Waals surface area contributed by atoms with E-state index in [1.54, 1.807) is 0 Å². The molecular formula is C20H32N4O2. The molecule has 1 fully saturated rings. The average molecular weight is 361 g/mol. The molecule has 26 heavy (non-hydrogen) atoms. The average Bonchev–Trinajstić information content (AvgIpc) is 2.68. The van der Waals surface area contributed by atoms with Gasteiger partial charge in [0.1, 0.15) is 0 Å². The summed E-state index contributed by atoms with van der Waals surface area (Å²) in [4.78, 5) is 18.9. The molecule has 1 aromatic carbocycles. The molecule has 0 saturated carbocycles. The van der Waals surface area contributed by atoms with Crippen LogP contribution < -0.4 is 10.6 Å². The molecule has 0 atom stereocenters. The molecule has 1 saturated heterocycles. The van der Waals surface area contributed by atoms with E-state index in [2.05, 4.69) is 34.6 Å². The number of carbonyl (C=O) groups is 1. The molecule has 0 aliphatic carbocycles. The second kappa shape index (κ2) is 11.4. The molecule has 0 amide bonds. The quantitative estimate of drug-likeness (QED) is 0.323. The van der Waals surface area contributed by atoms with Crippen molar-refractivity contribution in [2.45, 2.75) is 33.1 Å². The number of rotatable bonds is 8. The Morgan fingerprint density at radius 2 is 1.96 bits per heavy atom. The Morgan fingerprint density at radius 1 is 1.23 bits per heavy atom.